The average Bonchev–Trinajstić information content (AvgIpc) is 3.94. The molecule has 0 aliphatic heterocycles. The summed E-state index contributed by atoms with van der Waals surface area (Å²) >= 11 is 0. The Labute approximate surface area is 369 Å². The van der Waals surface area contributed by atoms with Gasteiger partial charge >= 0.3 is 5.97 Å². The highest BCUT2D eigenvalue weighted by Gasteiger charge is 2.34. The van der Waals surface area contributed by atoms with Crippen LogP contribution < -0.4 is 43.0 Å². The van der Waals surface area contributed by atoms with E-state index in [0.29, 0.717) is 17.1 Å². The van der Waals surface area contributed by atoms with Gasteiger partial charge in [0.1, 0.15) is 42.3 Å². The number of hydrogen-bond acceptors (Lipinski definition) is 12. The zero-order chi connectivity index (χ0) is 47.8. The summed E-state index contributed by atoms with van der Waals surface area (Å²) in [5.41, 5.74) is 7.32. The van der Waals surface area contributed by atoms with Gasteiger partial charge < -0.3 is 61.8 Å². The highest BCUT2D eigenvalue weighted by molar-refractivity contribution is 5.97. The molecule has 0 radical (unpaired) electrons. The Balaban J connectivity index is 1.77. The van der Waals surface area contributed by atoms with Gasteiger partial charge in [0.2, 0.25) is 47.3 Å². The first-order chi connectivity index (χ1) is 30.1. The number of amides is 8. The van der Waals surface area contributed by atoms with Crippen LogP contribution in [0.15, 0.2) is 37.6 Å². The van der Waals surface area contributed by atoms with Gasteiger partial charge in [0, 0.05) is 89.4 Å². The van der Waals surface area contributed by atoms with E-state index in [1.807, 2.05) is 0 Å². The second kappa shape index (κ2) is 23.9. The number of hydrogen-bond donors (Lipinski definition) is 9. The molecule has 64 heavy (non-hydrogen) atoms. The first-order valence-corrected chi connectivity index (χ1v) is 20.5. The number of imidazole rings is 3. The summed E-state index contributed by atoms with van der Waals surface area (Å²) in [5, 5.41) is 27.4. The molecule has 0 saturated carbocycles. The standard InChI is InChI=1S/C40H60N14O10/c1-21(2)11-30(39(63)49-29(34(41)58)12-25-15-42-18-52(25)6)51-37(61)28(9-10-33(56)57)48-40(64)32(14-27-17-44-20-54(27)8)50-36(60)23(4)45-35(59)22(3)46-38(62)31(47-24(5)55)13-26-16-43-19-53(26)7/h15-23,28-32H,9-14H2,1-8H3,(H2,41,58)(H,45,59)(H,46,62)(H,47,55)(H,48,64)(H,49,63)(H,50,60)(H,51,61)(H,56,57)/t22-,23-,28-,29-,30-,31-,32-/m0/s1. The third-order valence-electron chi connectivity index (χ3n) is 10.1. The summed E-state index contributed by atoms with van der Waals surface area (Å²) < 4.78 is 4.90. The average molecular weight is 897 g/mol. The topological polar surface area (TPSA) is 338 Å². The van der Waals surface area contributed by atoms with Crippen molar-refractivity contribution in [3.05, 3.63) is 54.7 Å². The van der Waals surface area contributed by atoms with E-state index in [4.69, 9.17) is 5.73 Å². The van der Waals surface area contributed by atoms with Crippen LogP contribution in [0.3, 0.4) is 0 Å². The van der Waals surface area contributed by atoms with Crippen molar-refractivity contribution in [2.45, 2.75) is 115 Å². The van der Waals surface area contributed by atoms with Gasteiger partial charge in [-0.1, -0.05) is 13.8 Å². The minimum absolute atomic E-state index is 0.00655. The van der Waals surface area contributed by atoms with Gasteiger partial charge in [-0.25, -0.2) is 15.0 Å². The van der Waals surface area contributed by atoms with E-state index in [9.17, 15) is 48.3 Å². The summed E-state index contributed by atoms with van der Waals surface area (Å²) in [7, 11) is 5.06. The second-order valence-electron chi connectivity index (χ2n) is 16.0. The Hall–Kier alpha value is -7.14. The van der Waals surface area contributed by atoms with Gasteiger partial charge in [0.15, 0.2) is 0 Å². The summed E-state index contributed by atoms with van der Waals surface area (Å²) in [6, 6.07) is -8.87. The highest BCUT2D eigenvalue weighted by Crippen LogP contribution is 2.11. The van der Waals surface area contributed by atoms with E-state index in [2.05, 4.69) is 52.2 Å². The van der Waals surface area contributed by atoms with Crippen molar-refractivity contribution in [2.75, 3.05) is 0 Å². The van der Waals surface area contributed by atoms with E-state index in [0.717, 1.165) is 0 Å². The molecule has 3 rings (SSSR count). The van der Waals surface area contributed by atoms with Crippen LogP contribution in [-0.4, -0.2) is 129 Å². The summed E-state index contributed by atoms with van der Waals surface area (Å²) in [4.78, 5) is 129. The molecule has 0 aliphatic carbocycles. The SMILES string of the molecule is CC(=O)N[C@@H](Cc1cncn1C)C(=O)N[C@@H](C)C(=O)N[C@@H](C)C(=O)N[C@@H](Cc1cncn1C)C(=O)N[C@@H](CCC(=O)O)C(=O)N[C@@H](CC(C)C)C(=O)N[C@@H](Cc1cncn1C)C(N)=O. The van der Waals surface area contributed by atoms with Gasteiger partial charge in [0.05, 0.1) is 19.0 Å². The molecule has 24 nitrogen and oxygen atoms in total. The maximum Gasteiger partial charge on any atom is 0.303 e. The predicted molar refractivity (Wildman–Crippen MR) is 227 cm³/mol. The van der Waals surface area contributed by atoms with Crippen molar-refractivity contribution >= 4 is 53.2 Å². The molecule has 0 fully saturated rings. The zero-order valence-electron chi connectivity index (χ0n) is 37.2. The van der Waals surface area contributed by atoms with Gasteiger partial charge in [-0.15, -0.1) is 0 Å². The molecule has 10 N–H and O–H groups in total. The third kappa shape index (κ3) is 16.0. The van der Waals surface area contributed by atoms with Crippen LogP contribution in [0, 0.1) is 5.92 Å². The van der Waals surface area contributed by atoms with E-state index >= 15 is 0 Å². The van der Waals surface area contributed by atoms with Gasteiger partial charge in [-0.05, 0) is 32.6 Å². The molecule has 24 heteroatoms. The monoisotopic (exact) mass is 896 g/mol. The van der Waals surface area contributed by atoms with E-state index < -0.39 is 108 Å². The molecular formula is C40H60N14O10. The number of carbonyl (C=O) groups is 9. The Kier molecular flexibility index (Phi) is 19.1. The number of aryl methyl sites for hydroxylation is 3. The van der Waals surface area contributed by atoms with Crippen LogP contribution in [0.1, 0.15) is 71.0 Å². The maximum absolute atomic E-state index is 14.0. The van der Waals surface area contributed by atoms with Crippen molar-refractivity contribution in [3.8, 4) is 0 Å². The van der Waals surface area contributed by atoms with Gasteiger partial charge in [-0.3, -0.25) is 43.2 Å². The summed E-state index contributed by atoms with van der Waals surface area (Å²) in [5.74, 6) is -7.61. The highest BCUT2D eigenvalue weighted by atomic mass is 16.4. The third-order valence-corrected chi connectivity index (χ3v) is 10.1. The quantitative estimate of drug-likeness (QED) is 0.0405. The number of nitrogens with two attached hydrogens (primary N) is 1. The lowest BCUT2D eigenvalue weighted by Gasteiger charge is -2.27. The molecule has 3 aromatic rings. The fraction of sp³-hybridized carbons (Fsp3) is 0.550. The predicted octanol–water partition coefficient (Wildman–Crippen LogP) is -3.24. The van der Waals surface area contributed by atoms with Crippen LogP contribution in [0.4, 0.5) is 0 Å². The number of carbonyl (C=O) groups excluding carboxylic acids is 8. The smallest absolute Gasteiger partial charge is 0.303 e. The first-order valence-electron chi connectivity index (χ1n) is 20.5. The summed E-state index contributed by atoms with van der Waals surface area (Å²) in [6.45, 7) is 7.54. The Morgan fingerprint density at radius 2 is 0.906 bits per heavy atom. The number of aromatic nitrogens is 6. The number of carboxylic acid groups (broad SMARTS) is 1. The Morgan fingerprint density at radius 1 is 0.547 bits per heavy atom. The first kappa shape index (κ1) is 51.2. The number of carboxylic acids is 1. The van der Waals surface area contributed by atoms with Crippen molar-refractivity contribution in [2.24, 2.45) is 32.8 Å². The summed E-state index contributed by atoms with van der Waals surface area (Å²) in [6.07, 6.45) is 8.00. The molecule has 0 bridgehead atoms. The molecule has 0 unspecified atom stereocenters. The minimum Gasteiger partial charge on any atom is -0.481 e. The number of aliphatic carboxylic acids is 1. The number of primary amides is 1. The van der Waals surface area contributed by atoms with Crippen molar-refractivity contribution in [1.82, 2.24) is 65.9 Å². The van der Waals surface area contributed by atoms with Crippen molar-refractivity contribution in [3.63, 3.8) is 0 Å². The van der Waals surface area contributed by atoms with Gasteiger partial charge in [-0.2, -0.15) is 0 Å². The molecule has 0 spiro atoms. The fourth-order valence-electron chi connectivity index (χ4n) is 6.39. The lowest BCUT2D eigenvalue weighted by molar-refractivity contribution is -0.138. The van der Waals surface area contributed by atoms with Crippen molar-refractivity contribution < 1.29 is 48.3 Å². The fourth-order valence-corrected chi connectivity index (χ4v) is 6.39. The van der Waals surface area contributed by atoms with Gasteiger partial charge in [0.25, 0.3) is 0 Å². The maximum atomic E-state index is 14.0. The molecule has 350 valence electrons. The second-order valence-corrected chi connectivity index (χ2v) is 16.0. The molecular weight excluding hydrogens is 837 g/mol. The van der Waals surface area contributed by atoms with Crippen LogP contribution >= 0.6 is 0 Å². The molecule has 3 aromatic heterocycles. The Bertz CT molecular complexity index is 2150. The van der Waals surface area contributed by atoms with Crippen LogP contribution in [-0.2, 0) is 83.6 Å². The molecule has 0 aliphatic rings. The number of nitrogens with zero attached hydrogens (tertiary/aromatic N) is 6. The zero-order valence-corrected chi connectivity index (χ0v) is 37.2. The molecule has 0 saturated heterocycles. The minimum atomic E-state index is -1.53. The van der Waals surface area contributed by atoms with E-state index in [1.165, 1.54) is 58.3 Å². The molecule has 3 heterocycles. The van der Waals surface area contributed by atoms with E-state index in [-0.39, 0.29) is 31.6 Å². The number of nitrogens with one attached hydrogen (secondary N) is 7. The molecule has 8 amide bonds. The molecule has 0 aromatic carbocycles. The lowest BCUT2D eigenvalue weighted by Crippen LogP contribution is -2.60. The van der Waals surface area contributed by atoms with Crippen LogP contribution in [0.2, 0.25) is 0 Å². The Morgan fingerprint density at radius 3 is 1.33 bits per heavy atom. The number of rotatable bonds is 25. The van der Waals surface area contributed by atoms with Crippen LogP contribution in [0.5, 0.6) is 0 Å². The largest absolute Gasteiger partial charge is 0.481 e. The van der Waals surface area contributed by atoms with Crippen LogP contribution in [0.25, 0.3) is 0 Å². The van der Waals surface area contributed by atoms with Crippen molar-refractivity contribution in [1.29, 1.82) is 0 Å². The molecule has 7 atom stereocenters. The normalized spacial score (nSPS) is 14.4. The lowest BCUT2D eigenvalue weighted by atomic mass is 10.0. The van der Waals surface area contributed by atoms with E-state index in [1.54, 1.807) is 48.7 Å².